The van der Waals surface area contributed by atoms with Crippen LogP contribution in [0.3, 0.4) is 0 Å². The first kappa shape index (κ1) is 13.7. The topological polar surface area (TPSA) is 43.4 Å². The highest BCUT2D eigenvalue weighted by atomic mass is 35.5. The Hall–Kier alpha value is -1.35. The third kappa shape index (κ3) is 3.07. The van der Waals surface area contributed by atoms with E-state index in [0.29, 0.717) is 10.6 Å². The third-order valence-corrected chi connectivity index (χ3v) is 2.71. The minimum atomic E-state index is -1.18. The summed E-state index contributed by atoms with van der Waals surface area (Å²) < 4.78 is 4.89. The molecular weight excluding hydrogens is 240 g/mol. The lowest BCUT2D eigenvalue weighted by Crippen LogP contribution is -2.35. The Balaban J connectivity index is 2.95. The maximum Gasteiger partial charge on any atom is 0.319 e. The van der Waals surface area contributed by atoms with Crippen molar-refractivity contribution in [2.75, 3.05) is 6.61 Å². The van der Waals surface area contributed by atoms with Crippen molar-refractivity contribution in [3.05, 3.63) is 34.9 Å². The zero-order valence-corrected chi connectivity index (χ0v) is 10.9. The highest BCUT2D eigenvalue weighted by Gasteiger charge is 2.37. The van der Waals surface area contributed by atoms with Gasteiger partial charge in [-0.1, -0.05) is 11.6 Å². The summed E-state index contributed by atoms with van der Waals surface area (Å²) in [6.07, 6.45) is 0. The molecular formula is C13H15ClO3. The minimum Gasteiger partial charge on any atom is -0.465 e. The Kier molecular flexibility index (Phi) is 4.29. The van der Waals surface area contributed by atoms with Gasteiger partial charge in [-0.3, -0.25) is 9.59 Å². The summed E-state index contributed by atoms with van der Waals surface area (Å²) >= 11 is 5.74. The van der Waals surface area contributed by atoms with E-state index < -0.39 is 11.4 Å². The Bertz CT molecular complexity index is 421. The van der Waals surface area contributed by atoms with Crippen molar-refractivity contribution < 1.29 is 14.3 Å². The molecule has 92 valence electrons. The van der Waals surface area contributed by atoms with Crippen molar-refractivity contribution in [2.24, 2.45) is 5.41 Å². The number of carbonyl (C=O) groups is 2. The fourth-order valence-electron chi connectivity index (χ4n) is 1.37. The number of rotatable bonds is 4. The summed E-state index contributed by atoms with van der Waals surface area (Å²) in [4.78, 5) is 23.8. The van der Waals surface area contributed by atoms with Crippen LogP contribution in [-0.4, -0.2) is 18.4 Å². The van der Waals surface area contributed by atoms with Gasteiger partial charge in [0.2, 0.25) is 0 Å². The van der Waals surface area contributed by atoms with E-state index in [4.69, 9.17) is 16.3 Å². The fourth-order valence-corrected chi connectivity index (χ4v) is 1.49. The van der Waals surface area contributed by atoms with Gasteiger partial charge in [-0.15, -0.1) is 0 Å². The molecule has 0 aliphatic rings. The number of ether oxygens (including phenoxy) is 1. The molecule has 0 bridgehead atoms. The SMILES string of the molecule is CCOC(=O)C(C)(C)C(=O)c1ccc(Cl)cc1. The molecule has 17 heavy (non-hydrogen) atoms. The molecule has 3 nitrogen and oxygen atoms in total. The minimum absolute atomic E-state index is 0.260. The second-order valence-electron chi connectivity index (χ2n) is 4.18. The van der Waals surface area contributed by atoms with Gasteiger partial charge in [0.25, 0.3) is 0 Å². The summed E-state index contributed by atoms with van der Waals surface area (Å²) in [5.74, 6) is -0.785. The molecule has 0 aromatic heterocycles. The molecule has 1 aromatic carbocycles. The molecule has 0 heterocycles. The Morgan fingerprint density at radius 2 is 1.76 bits per heavy atom. The number of ketones is 1. The maximum atomic E-state index is 12.2. The molecule has 0 aliphatic heterocycles. The predicted octanol–water partition coefficient (Wildman–Crippen LogP) is 3.11. The standard InChI is InChI=1S/C13H15ClO3/c1-4-17-12(16)13(2,3)11(15)9-5-7-10(14)8-6-9/h5-8H,4H2,1-3H3. The van der Waals surface area contributed by atoms with E-state index in [9.17, 15) is 9.59 Å². The largest absolute Gasteiger partial charge is 0.465 e. The number of hydrogen-bond donors (Lipinski definition) is 0. The van der Waals surface area contributed by atoms with E-state index in [1.165, 1.54) is 0 Å². The third-order valence-electron chi connectivity index (χ3n) is 2.46. The highest BCUT2D eigenvalue weighted by Crippen LogP contribution is 2.24. The Labute approximate surface area is 106 Å². The molecule has 0 spiro atoms. The van der Waals surface area contributed by atoms with Gasteiger partial charge >= 0.3 is 5.97 Å². The van der Waals surface area contributed by atoms with Gasteiger partial charge in [-0.2, -0.15) is 0 Å². The molecule has 0 unspecified atom stereocenters. The van der Waals surface area contributed by atoms with E-state index in [1.807, 2.05) is 0 Å². The van der Waals surface area contributed by atoms with E-state index >= 15 is 0 Å². The highest BCUT2D eigenvalue weighted by molar-refractivity contribution is 6.30. The molecule has 0 fully saturated rings. The van der Waals surface area contributed by atoms with E-state index in [-0.39, 0.29) is 12.4 Å². The first-order valence-corrected chi connectivity index (χ1v) is 5.75. The molecule has 1 rings (SSSR count). The zero-order valence-electron chi connectivity index (χ0n) is 10.1. The van der Waals surface area contributed by atoms with E-state index in [1.54, 1.807) is 45.0 Å². The van der Waals surface area contributed by atoms with Crippen molar-refractivity contribution in [1.29, 1.82) is 0 Å². The van der Waals surface area contributed by atoms with Gasteiger partial charge in [0.15, 0.2) is 5.78 Å². The van der Waals surface area contributed by atoms with Gasteiger partial charge in [0.1, 0.15) is 5.41 Å². The predicted molar refractivity (Wildman–Crippen MR) is 66.2 cm³/mol. The first-order valence-electron chi connectivity index (χ1n) is 5.37. The van der Waals surface area contributed by atoms with Crippen LogP contribution in [0.1, 0.15) is 31.1 Å². The van der Waals surface area contributed by atoms with E-state index in [2.05, 4.69) is 0 Å². The van der Waals surface area contributed by atoms with Crippen LogP contribution in [-0.2, 0) is 9.53 Å². The van der Waals surface area contributed by atoms with Crippen LogP contribution in [0, 0.1) is 5.41 Å². The molecule has 0 saturated heterocycles. The lowest BCUT2D eigenvalue weighted by molar-refractivity contribution is -0.150. The van der Waals surface area contributed by atoms with Crippen molar-refractivity contribution >= 4 is 23.4 Å². The monoisotopic (exact) mass is 254 g/mol. The maximum absolute atomic E-state index is 12.2. The van der Waals surface area contributed by atoms with Gasteiger partial charge in [0.05, 0.1) is 6.61 Å². The van der Waals surface area contributed by atoms with Gasteiger partial charge in [-0.05, 0) is 45.0 Å². The number of halogens is 1. The summed E-state index contributed by atoms with van der Waals surface area (Å²) in [7, 11) is 0. The molecule has 0 aliphatic carbocycles. The van der Waals surface area contributed by atoms with E-state index in [0.717, 1.165) is 0 Å². The fraction of sp³-hybridized carbons (Fsp3) is 0.385. The second-order valence-corrected chi connectivity index (χ2v) is 4.62. The quantitative estimate of drug-likeness (QED) is 0.471. The average Bonchev–Trinajstić information content (AvgIpc) is 2.29. The number of esters is 1. The summed E-state index contributed by atoms with van der Waals surface area (Å²) in [6.45, 7) is 5.08. The smallest absolute Gasteiger partial charge is 0.319 e. The number of hydrogen-bond acceptors (Lipinski definition) is 3. The lowest BCUT2D eigenvalue weighted by Gasteiger charge is -2.20. The van der Waals surface area contributed by atoms with Crippen LogP contribution >= 0.6 is 11.6 Å². The molecule has 0 atom stereocenters. The van der Waals surface area contributed by atoms with Crippen LogP contribution < -0.4 is 0 Å². The van der Waals surface area contributed by atoms with Crippen molar-refractivity contribution in [1.82, 2.24) is 0 Å². The Morgan fingerprint density at radius 3 is 2.24 bits per heavy atom. The summed E-state index contributed by atoms with van der Waals surface area (Å²) in [6, 6.07) is 6.45. The molecule has 0 saturated carbocycles. The van der Waals surface area contributed by atoms with Crippen LogP contribution in [0.25, 0.3) is 0 Å². The van der Waals surface area contributed by atoms with Gasteiger partial charge in [-0.25, -0.2) is 0 Å². The van der Waals surface area contributed by atoms with Crippen LogP contribution in [0.5, 0.6) is 0 Å². The normalized spacial score (nSPS) is 11.1. The molecule has 1 aromatic rings. The molecule has 0 radical (unpaired) electrons. The number of carbonyl (C=O) groups excluding carboxylic acids is 2. The van der Waals surface area contributed by atoms with Crippen molar-refractivity contribution in [3.63, 3.8) is 0 Å². The number of Topliss-reactive ketones (excluding diaryl/α,β-unsaturated/α-hetero) is 1. The van der Waals surface area contributed by atoms with Gasteiger partial charge < -0.3 is 4.74 Å². The van der Waals surface area contributed by atoms with Crippen LogP contribution in [0.2, 0.25) is 5.02 Å². The molecule has 0 amide bonds. The Morgan fingerprint density at radius 1 is 1.24 bits per heavy atom. The summed E-state index contributed by atoms with van der Waals surface area (Å²) in [5.41, 5.74) is -0.725. The van der Waals surface area contributed by atoms with Crippen LogP contribution in [0.4, 0.5) is 0 Å². The second kappa shape index (κ2) is 5.32. The van der Waals surface area contributed by atoms with Crippen molar-refractivity contribution in [2.45, 2.75) is 20.8 Å². The average molecular weight is 255 g/mol. The lowest BCUT2D eigenvalue weighted by atomic mass is 9.84. The molecule has 0 N–H and O–H groups in total. The zero-order chi connectivity index (χ0) is 13.1. The molecule has 4 heteroatoms. The first-order chi connectivity index (χ1) is 7.89. The number of benzene rings is 1. The van der Waals surface area contributed by atoms with Crippen LogP contribution in [0.15, 0.2) is 24.3 Å². The summed E-state index contributed by atoms with van der Waals surface area (Å²) in [5, 5.41) is 0.551. The van der Waals surface area contributed by atoms with Crippen molar-refractivity contribution in [3.8, 4) is 0 Å². The van der Waals surface area contributed by atoms with Gasteiger partial charge in [0, 0.05) is 10.6 Å².